The SMILES string of the molecule is N#Cc1cccc(-c2ccc3c(c2)c2cccc4c5cc(-c6cc7c8ccccc8n8c9ccc(-c%10ccc%11c%12ccccc%12c%12ccccc%12c%11c%10)cc9c(c6)c78)ccc5n3c24)c1. The van der Waals surface area contributed by atoms with Gasteiger partial charge in [-0.15, -0.1) is 0 Å². The summed E-state index contributed by atoms with van der Waals surface area (Å²) < 4.78 is 4.93. The van der Waals surface area contributed by atoms with Crippen molar-refractivity contribution in [1.29, 1.82) is 5.26 Å². The van der Waals surface area contributed by atoms with Crippen LogP contribution >= 0.6 is 0 Å². The summed E-state index contributed by atoms with van der Waals surface area (Å²) in [6.07, 6.45) is 0. The van der Waals surface area contributed by atoms with E-state index in [0.29, 0.717) is 5.56 Å². The standard InChI is InChI=1S/C61H33N3/c62-34-35-9-7-10-36(27-35)38-20-24-57-51(29-38)48-16-8-17-49-52-31-40(22-26-58(52)64(57)60(48)49)41-32-54-47-15-5-6-18-56(47)63-59-25-21-39(30-53(59)55(33-41)61(54)63)37-19-23-46-44-13-2-1-11-42(44)43-12-3-4-14-45(43)50(46)28-37/h1-33H. The van der Waals surface area contributed by atoms with Gasteiger partial charge in [0.05, 0.1) is 44.7 Å². The van der Waals surface area contributed by atoms with Crippen molar-refractivity contribution in [2.24, 2.45) is 0 Å². The first-order chi connectivity index (χ1) is 31.7. The van der Waals surface area contributed by atoms with Crippen molar-refractivity contribution >= 4 is 109 Å². The molecule has 15 aromatic rings. The number of hydrogen-bond donors (Lipinski definition) is 0. The number of rotatable bonds is 3. The largest absolute Gasteiger partial charge is 0.308 e. The topological polar surface area (TPSA) is 32.6 Å². The van der Waals surface area contributed by atoms with E-state index in [4.69, 9.17) is 0 Å². The van der Waals surface area contributed by atoms with E-state index in [0.717, 1.165) is 11.1 Å². The third-order valence-electron chi connectivity index (χ3n) is 14.3. The number of nitriles is 1. The molecule has 4 heterocycles. The smallest absolute Gasteiger partial charge is 0.0991 e. The van der Waals surface area contributed by atoms with Crippen LogP contribution in [0.3, 0.4) is 0 Å². The molecule has 0 aliphatic carbocycles. The molecule has 11 aromatic carbocycles. The lowest BCUT2D eigenvalue weighted by Gasteiger charge is -2.12. The summed E-state index contributed by atoms with van der Waals surface area (Å²) in [5, 5.41) is 27.4. The highest BCUT2D eigenvalue weighted by molar-refractivity contribution is 6.28. The summed E-state index contributed by atoms with van der Waals surface area (Å²) in [7, 11) is 0. The van der Waals surface area contributed by atoms with E-state index in [1.54, 1.807) is 0 Å². The van der Waals surface area contributed by atoms with E-state index < -0.39 is 0 Å². The fourth-order valence-corrected chi connectivity index (χ4v) is 11.5. The molecule has 64 heavy (non-hydrogen) atoms. The Labute approximate surface area is 366 Å². The monoisotopic (exact) mass is 807 g/mol. The Hall–Kier alpha value is -8.71. The van der Waals surface area contributed by atoms with Gasteiger partial charge in [0, 0.05) is 43.1 Å². The molecule has 0 amide bonds. The van der Waals surface area contributed by atoms with Crippen LogP contribution in [-0.4, -0.2) is 8.80 Å². The number of fused-ring (bicyclic) bond motifs is 18. The first-order valence-electron chi connectivity index (χ1n) is 22.0. The second kappa shape index (κ2) is 12.2. The lowest BCUT2D eigenvalue weighted by Crippen LogP contribution is -1.85. The van der Waals surface area contributed by atoms with Gasteiger partial charge in [0.25, 0.3) is 0 Å². The maximum Gasteiger partial charge on any atom is 0.0991 e. The molecule has 0 fully saturated rings. The van der Waals surface area contributed by atoms with Gasteiger partial charge >= 0.3 is 0 Å². The van der Waals surface area contributed by atoms with Gasteiger partial charge in [0.1, 0.15) is 0 Å². The van der Waals surface area contributed by atoms with E-state index in [1.165, 1.54) is 131 Å². The molecule has 0 aliphatic heterocycles. The molecule has 0 radical (unpaired) electrons. The lowest BCUT2D eigenvalue weighted by molar-refractivity contribution is 1.37. The van der Waals surface area contributed by atoms with Crippen LogP contribution < -0.4 is 0 Å². The summed E-state index contributed by atoms with van der Waals surface area (Å²) >= 11 is 0. The number of hydrogen-bond acceptors (Lipinski definition) is 1. The zero-order valence-electron chi connectivity index (χ0n) is 34.4. The van der Waals surface area contributed by atoms with Crippen LogP contribution in [0.4, 0.5) is 0 Å². The molecule has 0 atom stereocenters. The van der Waals surface area contributed by atoms with Gasteiger partial charge < -0.3 is 8.80 Å². The number of benzene rings is 11. The maximum atomic E-state index is 9.56. The zero-order valence-corrected chi connectivity index (χ0v) is 34.4. The summed E-state index contributed by atoms with van der Waals surface area (Å²) in [5.74, 6) is 0. The predicted molar refractivity (Wildman–Crippen MR) is 269 cm³/mol. The van der Waals surface area contributed by atoms with Crippen LogP contribution in [-0.2, 0) is 0 Å². The second-order valence-electron chi connectivity index (χ2n) is 17.5. The van der Waals surface area contributed by atoms with Crippen LogP contribution in [0.2, 0.25) is 0 Å². The average Bonchev–Trinajstić information content (AvgIpc) is 4.09. The van der Waals surface area contributed by atoms with Crippen molar-refractivity contribution in [2.45, 2.75) is 0 Å². The fraction of sp³-hybridized carbons (Fsp3) is 0. The van der Waals surface area contributed by atoms with Gasteiger partial charge in [-0.25, -0.2) is 0 Å². The molecular formula is C61H33N3. The molecule has 0 saturated heterocycles. The van der Waals surface area contributed by atoms with Crippen molar-refractivity contribution in [3.05, 3.63) is 206 Å². The van der Waals surface area contributed by atoms with Gasteiger partial charge in [0.15, 0.2) is 0 Å². The molecule has 292 valence electrons. The minimum atomic E-state index is 0.671. The zero-order chi connectivity index (χ0) is 41.8. The Morgan fingerprint density at radius 1 is 0.250 bits per heavy atom. The normalized spacial score (nSPS) is 12.4. The quantitative estimate of drug-likeness (QED) is 0.164. The van der Waals surface area contributed by atoms with Crippen LogP contribution in [0, 0.1) is 11.3 Å². The van der Waals surface area contributed by atoms with Crippen molar-refractivity contribution in [2.75, 3.05) is 0 Å². The minimum absolute atomic E-state index is 0.671. The molecule has 0 bridgehead atoms. The summed E-state index contributed by atoms with van der Waals surface area (Å²) in [6, 6.07) is 76.1. The predicted octanol–water partition coefficient (Wildman–Crippen LogP) is 16.3. The van der Waals surface area contributed by atoms with Crippen LogP contribution in [0.25, 0.3) is 142 Å². The third kappa shape index (κ3) is 4.38. The molecule has 0 unspecified atom stereocenters. The molecule has 3 heteroatoms. The Bertz CT molecular complexity index is 4520. The highest BCUT2D eigenvalue weighted by atomic mass is 14.9. The van der Waals surface area contributed by atoms with Gasteiger partial charge in [-0.1, -0.05) is 127 Å². The Balaban J connectivity index is 0.930. The highest BCUT2D eigenvalue weighted by Gasteiger charge is 2.22. The molecule has 0 N–H and O–H groups in total. The van der Waals surface area contributed by atoms with Gasteiger partial charge in [-0.3, -0.25) is 0 Å². The Kier molecular flexibility index (Phi) is 6.48. The number of para-hydroxylation sites is 2. The Morgan fingerprint density at radius 2 is 0.625 bits per heavy atom. The van der Waals surface area contributed by atoms with Crippen molar-refractivity contribution in [3.63, 3.8) is 0 Å². The van der Waals surface area contributed by atoms with Gasteiger partial charge in [0.2, 0.25) is 0 Å². The van der Waals surface area contributed by atoms with E-state index in [-0.39, 0.29) is 0 Å². The van der Waals surface area contributed by atoms with Crippen LogP contribution in [0.15, 0.2) is 200 Å². The fourth-order valence-electron chi connectivity index (χ4n) is 11.5. The van der Waals surface area contributed by atoms with E-state index in [1.807, 2.05) is 18.2 Å². The van der Waals surface area contributed by atoms with E-state index in [9.17, 15) is 5.26 Å². The average molecular weight is 808 g/mol. The van der Waals surface area contributed by atoms with Crippen molar-refractivity contribution < 1.29 is 0 Å². The molecule has 0 spiro atoms. The highest BCUT2D eigenvalue weighted by Crippen LogP contribution is 2.46. The third-order valence-corrected chi connectivity index (χ3v) is 14.3. The van der Waals surface area contributed by atoms with Crippen LogP contribution in [0.5, 0.6) is 0 Å². The summed E-state index contributed by atoms with van der Waals surface area (Å²) in [5.41, 5.74) is 15.1. The molecule has 0 aliphatic rings. The Morgan fingerprint density at radius 3 is 1.22 bits per heavy atom. The molecular weight excluding hydrogens is 775 g/mol. The molecule has 0 saturated carbocycles. The van der Waals surface area contributed by atoms with E-state index in [2.05, 4.69) is 197 Å². The van der Waals surface area contributed by atoms with Crippen LogP contribution in [0.1, 0.15) is 5.56 Å². The molecule has 3 nitrogen and oxygen atoms in total. The lowest BCUT2D eigenvalue weighted by atomic mass is 9.91. The van der Waals surface area contributed by atoms with Gasteiger partial charge in [-0.2, -0.15) is 5.26 Å². The first-order valence-corrected chi connectivity index (χ1v) is 22.0. The van der Waals surface area contributed by atoms with Gasteiger partial charge in [-0.05, 0) is 138 Å². The first kappa shape index (κ1) is 33.9. The summed E-state index contributed by atoms with van der Waals surface area (Å²) in [4.78, 5) is 0. The van der Waals surface area contributed by atoms with E-state index >= 15 is 0 Å². The maximum absolute atomic E-state index is 9.56. The van der Waals surface area contributed by atoms with Crippen molar-refractivity contribution in [1.82, 2.24) is 8.80 Å². The summed E-state index contributed by atoms with van der Waals surface area (Å²) in [6.45, 7) is 0. The second-order valence-corrected chi connectivity index (χ2v) is 17.5. The number of nitrogens with zero attached hydrogens (tertiary/aromatic N) is 3. The minimum Gasteiger partial charge on any atom is -0.308 e. The molecule has 4 aromatic heterocycles. The number of aromatic nitrogens is 2. The van der Waals surface area contributed by atoms with Crippen molar-refractivity contribution in [3.8, 4) is 39.4 Å². The molecule has 15 rings (SSSR count).